The molecule has 0 N–H and O–H groups in total. The fourth-order valence-electron chi connectivity index (χ4n) is 3.40. The average Bonchev–Trinajstić information content (AvgIpc) is 2.69. The van der Waals surface area contributed by atoms with E-state index in [-0.39, 0.29) is 30.7 Å². The highest BCUT2D eigenvalue weighted by Gasteiger charge is 2.38. The fraction of sp³-hybridized carbons (Fsp3) is 0.200. The molecule has 1 fully saturated rings. The number of rotatable bonds is 2. The predicted molar refractivity (Wildman–Crippen MR) is 107 cm³/mol. The number of nitriles is 1. The zero-order chi connectivity index (χ0) is 19.0. The third kappa shape index (κ3) is 3.35. The molecule has 27 heavy (non-hydrogen) atoms. The van der Waals surface area contributed by atoms with Crippen LogP contribution in [-0.2, 0) is 4.79 Å². The van der Waals surface area contributed by atoms with Gasteiger partial charge < -0.3 is 4.90 Å². The Kier molecular flexibility index (Phi) is 4.94. The minimum Gasteiger partial charge on any atom is -0.341 e. The number of thioether (sulfide) groups is 1. The van der Waals surface area contributed by atoms with Gasteiger partial charge in [-0.2, -0.15) is 5.26 Å². The summed E-state index contributed by atoms with van der Waals surface area (Å²) in [6.45, 7) is 0.250. The Bertz CT molecular complexity index is 970. The summed E-state index contributed by atoms with van der Waals surface area (Å²) < 4.78 is 15.1. The molecule has 1 amide bonds. The molecule has 1 atom stereocenters. The van der Waals surface area contributed by atoms with E-state index in [0.29, 0.717) is 22.2 Å². The van der Waals surface area contributed by atoms with Gasteiger partial charge in [-0.15, -0.1) is 0 Å². The lowest BCUT2D eigenvalue weighted by molar-refractivity contribution is -0.129. The summed E-state index contributed by atoms with van der Waals surface area (Å²) in [5.74, 6) is -0.124. The van der Waals surface area contributed by atoms with Crippen molar-refractivity contribution in [3.05, 3.63) is 75.0 Å². The van der Waals surface area contributed by atoms with Crippen molar-refractivity contribution >= 4 is 39.3 Å². The summed E-state index contributed by atoms with van der Waals surface area (Å²) in [7, 11) is 0. The SMILES string of the molecule is N#CC1=C2SCN(c3ccccc3F)CN2C(=O)C[C@H]1c1ccc(Br)cc1. The number of nitrogens with zero attached hydrogens (tertiary/aromatic N) is 3. The molecule has 0 bridgehead atoms. The van der Waals surface area contributed by atoms with E-state index in [1.165, 1.54) is 17.8 Å². The van der Waals surface area contributed by atoms with Crippen LogP contribution in [0.5, 0.6) is 0 Å². The van der Waals surface area contributed by atoms with E-state index in [1.54, 1.807) is 23.1 Å². The number of allylic oxidation sites excluding steroid dienone is 1. The molecule has 136 valence electrons. The maximum Gasteiger partial charge on any atom is 0.229 e. The molecule has 0 aromatic heterocycles. The van der Waals surface area contributed by atoms with E-state index < -0.39 is 0 Å². The molecule has 4 nitrogen and oxygen atoms in total. The summed E-state index contributed by atoms with van der Waals surface area (Å²) in [5.41, 5.74) is 2.02. The van der Waals surface area contributed by atoms with Crippen molar-refractivity contribution in [1.29, 1.82) is 5.26 Å². The summed E-state index contributed by atoms with van der Waals surface area (Å²) in [5, 5.41) is 10.5. The highest BCUT2D eigenvalue weighted by Crippen LogP contribution is 2.43. The number of hydrogen-bond donors (Lipinski definition) is 0. The standard InChI is InChI=1S/C20H15BrFN3OS/c21-14-7-5-13(6-8-14)15-9-19(26)25-11-24(12-27-20(25)16(15)10-23)18-4-2-1-3-17(18)22/h1-8,15H,9,11-12H2/t15-/m0/s1. The van der Waals surface area contributed by atoms with Crippen molar-refractivity contribution in [2.45, 2.75) is 12.3 Å². The summed E-state index contributed by atoms with van der Waals surface area (Å²) in [6.07, 6.45) is 0.236. The first-order valence-electron chi connectivity index (χ1n) is 8.41. The Balaban J connectivity index is 1.68. The second kappa shape index (κ2) is 7.37. The van der Waals surface area contributed by atoms with E-state index in [2.05, 4.69) is 22.0 Å². The summed E-state index contributed by atoms with van der Waals surface area (Å²) in [6, 6.07) is 16.6. The Morgan fingerprint density at radius 1 is 1.19 bits per heavy atom. The zero-order valence-corrected chi connectivity index (χ0v) is 16.6. The Hall–Kier alpha value is -2.30. The van der Waals surface area contributed by atoms with Crippen molar-refractivity contribution in [3.8, 4) is 6.07 Å². The molecule has 0 spiro atoms. The number of hydrogen-bond acceptors (Lipinski definition) is 4. The van der Waals surface area contributed by atoms with Crippen molar-refractivity contribution in [3.63, 3.8) is 0 Å². The van der Waals surface area contributed by atoms with Crippen molar-refractivity contribution < 1.29 is 9.18 Å². The van der Waals surface area contributed by atoms with Crippen LogP contribution in [0.15, 0.2) is 63.6 Å². The van der Waals surface area contributed by atoms with Crippen molar-refractivity contribution in [2.24, 2.45) is 0 Å². The van der Waals surface area contributed by atoms with Gasteiger partial charge in [0.1, 0.15) is 5.82 Å². The highest BCUT2D eigenvalue weighted by molar-refractivity contribution is 9.10. The topological polar surface area (TPSA) is 47.3 Å². The Labute approximate surface area is 169 Å². The molecule has 4 rings (SSSR count). The minimum absolute atomic E-state index is 0.0505. The molecule has 0 aliphatic carbocycles. The summed E-state index contributed by atoms with van der Waals surface area (Å²) in [4.78, 5) is 16.3. The number of carbonyl (C=O) groups excluding carboxylic acids is 1. The van der Waals surface area contributed by atoms with Gasteiger partial charge in [-0.1, -0.05) is 52.0 Å². The molecule has 1 saturated heterocycles. The Morgan fingerprint density at radius 2 is 1.93 bits per heavy atom. The minimum atomic E-state index is -0.316. The van der Waals surface area contributed by atoms with E-state index in [0.717, 1.165) is 10.0 Å². The van der Waals surface area contributed by atoms with Crippen LogP contribution in [0.4, 0.5) is 10.1 Å². The number of halogens is 2. The van der Waals surface area contributed by atoms with Crippen LogP contribution in [0.25, 0.3) is 0 Å². The van der Waals surface area contributed by atoms with Crippen LogP contribution >= 0.6 is 27.7 Å². The number of amides is 1. The number of fused-ring (bicyclic) bond motifs is 1. The van der Waals surface area contributed by atoms with Gasteiger partial charge >= 0.3 is 0 Å². The van der Waals surface area contributed by atoms with Gasteiger partial charge in [0.15, 0.2) is 0 Å². The van der Waals surface area contributed by atoms with Gasteiger partial charge in [-0.05, 0) is 29.8 Å². The highest BCUT2D eigenvalue weighted by atomic mass is 79.9. The molecule has 0 saturated carbocycles. The monoisotopic (exact) mass is 443 g/mol. The molecule has 2 heterocycles. The van der Waals surface area contributed by atoms with Gasteiger partial charge in [0.05, 0.1) is 34.9 Å². The quantitative estimate of drug-likeness (QED) is 0.667. The maximum absolute atomic E-state index is 14.1. The van der Waals surface area contributed by atoms with E-state index in [4.69, 9.17) is 0 Å². The van der Waals surface area contributed by atoms with Crippen LogP contribution in [0, 0.1) is 17.1 Å². The van der Waals surface area contributed by atoms with Crippen molar-refractivity contribution in [2.75, 3.05) is 17.4 Å². The first-order chi connectivity index (χ1) is 13.1. The molecule has 2 aromatic rings. The number of para-hydroxylation sites is 1. The first-order valence-corrected chi connectivity index (χ1v) is 10.2. The first kappa shape index (κ1) is 18.1. The molecule has 0 radical (unpaired) electrons. The molecular formula is C20H15BrFN3OS. The van der Waals surface area contributed by atoms with Gasteiger partial charge in [-0.3, -0.25) is 9.69 Å². The normalized spacial score (nSPS) is 19.7. The van der Waals surface area contributed by atoms with Crippen LogP contribution in [-0.4, -0.2) is 23.4 Å². The lowest BCUT2D eigenvalue weighted by Crippen LogP contribution is -2.47. The molecule has 2 aliphatic rings. The molecule has 0 unspecified atom stereocenters. The van der Waals surface area contributed by atoms with Gasteiger partial charge in [0, 0.05) is 16.8 Å². The smallest absolute Gasteiger partial charge is 0.229 e. The van der Waals surface area contributed by atoms with Crippen LogP contribution in [0.1, 0.15) is 17.9 Å². The average molecular weight is 444 g/mol. The van der Waals surface area contributed by atoms with Gasteiger partial charge in [0.2, 0.25) is 5.91 Å². The second-order valence-electron chi connectivity index (χ2n) is 6.37. The van der Waals surface area contributed by atoms with Crippen LogP contribution in [0.2, 0.25) is 0 Å². The fourth-order valence-corrected chi connectivity index (χ4v) is 4.83. The third-order valence-corrected chi connectivity index (χ3v) is 6.44. The number of anilines is 1. The number of benzene rings is 2. The third-order valence-electron chi connectivity index (χ3n) is 4.76. The predicted octanol–water partition coefficient (Wildman–Crippen LogP) is 4.81. The van der Waals surface area contributed by atoms with Crippen LogP contribution in [0.3, 0.4) is 0 Å². The van der Waals surface area contributed by atoms with E-state index in [9.17, 15) is 14.4 Å². The second-order valence-corrected chi connectivity index (χ2v) is 8.22. The lowest BCUT2D eigenvalue weighted by Gasteiger charge is -2.42. The molecular weight excluding hydrogens is 429 g/mol. The van der Waals surface area contributed by atoms with E-state index in [1.807, 2.05) is 29.2 Å². The zero-order valence-electron chi connectivity index (χ0n) is 14.2. The molecule has 2 aliphatic heterocycles. The van der Waals surface area contributed by atoms with Gasteiger partial charge in [0.25, 0.3) is 0 Å². The summed E-state index contributed by atoms with van der Waals surface area (Å²) >= 11 is 4.82. The largest absolute Gasteiger partial charge is 0.341 e. The lowest BCUT2D eigenvalue weighted by atomic mass is 9.86. The number of carbonyl (C=O) groups is 1. The molecule has 2 aromatic carbocycles. The maximum atomic E-state index is 14.1. The Morgan fingerprint density at radius 3 is 2.63 bits per heavy atom. The van der Waals surface area contributed by atoms with Crippen LogP contribution < -0.4 is 4.90 Å². The van der Waals surface area contributed by atoms with Crippen molar-refractivity contribution in [1.82, 2.24) is 4.90 Å². The van der Waals surface area contributed by atoms with E-state index >= 15 is 0 Å². The molecule has 7 heteroatoms. The van der Waals surface area contributed by atoms with Gasteiger partial charge in [-0.25, -0.2) is 4.39 Å².